The first-order chi connectivity index (χ1) is 7.19. The van der Waals surface area contributed by atoms with Crippen molar-refractivity contribution in [3.63, 3.8) is 0 Å². The number of nitriles is 1. The molecule has 1 aromatic rings. The van der Waals surface area contributed by atoms with Crippen molar-refractivity contribution in [3.8, 4) is 6.07 Å². The summed E-state index contributed by atoms with van der Waals surface area (Å²) in [6.07, 6.45) is 0.940. The molecule has 3 heteroatoms. The van der Waals surface area contributed by atoms with Gasteiger partial charge >= 0.3 is 5.97 Å². The van der Waals surface area contributed by atoms with E-state index in [-0.39, 0.29) is 5.92 Å². The molecule has 3 nitrogen and oxygen atoms in total. The number of benzene rings is 1. The third-order valence-corrected chi connectivity index (χ3v) is 3.02. The molecule has 0 bridgehead atoms. The van der Waals surface area contributed by atoms with Crippen LogP contribution in [-0.2, 0) is 11.2 Å². The number of hydrogen-bond donors (Lipinski definition) is 1. The first-order valence-corrected chi connectivity index (χ1v) is 4.86. The molecule has 1 aromatic carbocycles. The molecule has 2 rings (SSSR count). The minimum Gasteiger partial charge on any atom is -0.481 e. The highest BCUT2D eigenvalue weighted by Gasteiger charge is 2.60. The van der Waals surface area contributed by atoms with Crippen molar-refractivity contribution < 1.29 is 9.90 Å². The van der Waals surface area contributed by atoms with Gasteiger partial charge in [-0.15, -0.1) is 0 Å². The van der Waals surface area contributed by atoms with Gasteiger partial charge in [-0.2, -0.15) is 5.26 Å². The first-order valence-electron chi connectivity index (χ1n) is 4.86. The summed E-state index contributed by atoms with van der Waals surface area (Å²) in [6.45, 7) is 0. The summed E-state index contributed by atoms with van der Waals surface area (Å²) in [4.78, 5) is 11.1. The monoisotopic (exact) mass is 201 g/mol. The van der Waals surface area contributed by atoms with Gasteiger partial charge in [0.05, 0.1) is 17.4 Å². The minimum absolute atomic E-state index is 0.324. The third-order valence-electron chi connectivity index (χ3n) is 3.02. The number of carboxylic acids is 1. The van der Waals surface area contributed by atoms with Gasteiger partial charge in [0.2, 0.25) is 0 Å². The zero-order chi connectivity index (χ0) is 10.9. The Balaban J connectivity index is 2.18. The second kappa shape index (κ2) is 3.39. The van der Waals surface area contributed by atoms with Gasteiger partial charge in [-0.05, 0) is 18.4 Å². The molecular weight excluding hydrogens is 190 g/mol. The van der Waals surface area contributed by atoms with Gasteiger partial charge in [0.1, 0.15) is 0 Å². The summed E-state index contributed by atoms with van der Waals surface area (Å²) < 4.78 is 0. The Labute approximate surface area is 88.0 Å². The van der Waals surface area contributed by atoms with Crippen LogP contribution in [0.2, 0.25) is 0 Å². The summed E-state index contributed by atoms with van der Waals surface area (Å²) in [6, 6.07) is 11.5. The number of carboxylic acid groups (broad SMARTS) is 1. The van der Waals surface area contributed by atoms with Crippen LogP contribution < -0.4 is 0 Å². The Hall–Kier alpha value is -1.82. The lowest BCUT2D eigenvalue weighted by atomic mass is 9.94. The molecule has 0 radical (unpaired) electrons. The van der Waals surface area contributed by atoms with Gasteiger partial charge in [0, 0.05) is 0 Å². The van der Waals surface area contributed by atoms with Crippen LogP contribution in [0.1, 0.15) is 12.0 Å². The molecule has 1 aliphatic carbocycles. The molecule has 1 aliphatic rings. The highest BCUT2D eigenvalue weighted by Crippen LogP contribution is 2.54. The van der Waals surface area contributed by atoms with E-state index < -0.39 is 11.4 Å². The van der Waals surface area contributed by atoms with E-state index >= 15 is 0 Å². The molecule has 2 atom stereocenters. The van der Waals surface area contributed by atoms with Crippen LogP contribution in [0.15, 0.2) is 30.3 Å². The molecule has 1 fully saturated rings. The maximum absolute atomic E-state index is 11.1. The Kier molecular flexibility index (Phi) is 2.20. The summed E-state index contributed by atoms with van der Waals surface area (Å²) in [5.74, 6) is -1.17. The minimum atomic E-state index is -0.849. The number of aliphatic carboxylic acids is 1. The predicted octanol–water partition coefficient (Wildman–Crippen LogP) is 1.84. The average Bonchev–Trinajstić information content (AvgIpc) is 2.94. The molecule has 1 N–H and O–H groups in total. The molecule has 15 heavy (non-hydrogen) atoms. The lowest BCUT2D eigenvalue weighted by Crippen LogP contribution is -2.20. The fourth-order valence-electron chi connectivity index (χ4n) is 1.94. The van der Waals surface area contributed by atoms with Crippen LogP contribution >= 0.6 is 0 Å². The predicted molar refractivity (Wildman–Crippen MR) is 53.9 cm³/mol. The molecular formula is C12H11NO2. The Morgan fingerprint density at radius 2 is 2.20 bits per heavy atom. The summed E-state index contributed by atoms with van der Waals surface area (Å²) in [5.41, 5.74) is 0.161. The van der Waals surface area contributed by atoms with Crippen LogP contribution in [0.3, 0.4) is 0 Å². The second-order valence-electron chi connectivity index (χ2n) is 4.01. The van der Waals surface area contributed by atoms with Crippen LogP contribution in [-0.4, -0.2) is 11.1 Å². The Morgan fingerprint density at radius 1 is 1.53 bits per heavy atom. The van der Waals surface area contributed by atoms with Crippen LogP contribution in [0.25, 0.3) is 0 Å². The van der Waals surface area contributed by atoms with E-state index in [2.05, 4.69) is 6.07 Å². The molecule has 0 aromatic heterocycles. The smallest absolute Gasteiger partial charge is 0.311 e. The first kappa shape index (κ1) is 9.72. The number of hydrogen-bond acceptors (Lipinski definition) is 2. The van der Waals surface area contributed by atoms with Gasteiger partial charge < -0.3 is 5.11 Å². The highest BCUT2D eigenvalue weighted by molar-refractivity contribution is 5.80. The molecule has 76 valence electrons. The molecule has 0 saturated heterocycles. The zero-order valence-corrected chi connectivity index (χ0v) is 8.18. The van der Waals surface area contributed by atoms with Crippen molar-refractivity contribution in [1.29, 1.82) is 5.26 Å². The summed E-state index contributed by atoms with van der Waals surface area (Å²) in [5, 5.41) is 17.9. The number of nitrogens with zero attached hydrogens (tertiary/aromatic N) is 1. The van der Waals surface area contributed by atoms with Crippen molar-refractivity contribution in [3.05, 3.63) is 35.9 Å². The quantitative estimate of drug-likeness (QED) is 0.811. The molecule has 0 spiro atoms. The van der Waals surface area contributed by atoms with Crippen LogP contribution in [0.5, 0.6) is 0 Å². The van der Waals surface area contributed by atoms with Gasteiger partial charge in [-0.3, -0.25) is 4.79 Å². The van der Waals surface area contributed by atoms with E-state index in [0.29, 0.717) is 12.8 Å². The molecule has 0 unspecified atom stereocenters. The Bertz CT molecular complexity index is 421. The van der Waals surface area contributed by atoms with Gasteiger partial charge in [-0.25, -0.2) is 0 Å². The van der Waals surface area contributed by atoms with Gasteiger partial charge in [0.15, 0.2) is 0 Å². The SMILES string of the molecule is N#C[C@@H]1C[C@]1(Cc1ccccc1)C(=O)O. The van der Waals surface area contributed by atoms with Crippen molar-refractivity contribution in [2.75, 3.05) is 0 Å². The zero-order valence-electron chi connectivity index (χ0n) is 8.18. The molecule has 0 aliphatic heterocycles. The Morgan fingerprint density at radius 3 is 2.67 bits per heavy atom. The normalized spacial score (nSPS) is 28.1. The van der Waals surface area contributed by atoms with E-state index in [4.69, 9.17) is 10.4 Å². The maximum atomic E-state index is 11.1. The number of carbonyl (C=O) groups is 1. The molecule has 0 amide bonds. The summed E-state index contributed by atoms with van der Waals surface area (Å²) >= 11 is 0. The van der Waals surface area contributed by atoms with E-state index in [1.807, 2.05) is 30.3 Å². The van der Waals surface area contributed by atoms with Crippen LogP contribution in [0.4, 0.5) is 0 Å². The second-order valence-corrected chi connectivity index (χ2v) is 4.01. The highest BCUT2D eigenvalue weighted by atomic mass is 16.4. The molecule has 1 saturated carbocycles. The van der Waals surface area contributed by atoms with Gasteiger partial charge in [0.25, 0.3) is 0 Å². The average molecular weight is 201 g/mol. The lowest BCUT2D eigenvalue weighted by Gasteiger charge is -2.09. The van der Waals surface area contributed by atoms with Crippen molar-refractivity contribution in [2.45, 2.75) is 12.8 Å². The standard InChI is InChI=1S/C12H11NO2/c13-8-10-7-12(10,11(14)15)6-9-4-2-1-3-5-9/h1-5,10H,6-7H2,(H,14,15)/t10-,12-/m0/s1. The number of rotatable bonds is 3. The van der Waals surface area contributed by atoms with E-state index in [1.165, 1.54) is 0 Å². The van der Waals surface area contributed by atoms with Gasteiger partial charge in [-0.1, -0.05) is 30.3 Å². The topological polar surface area (TPSA) is 61.1 Å². The maximum Gasteiger partial charge on any atom is 0.311 e. The fourth-order valence-corrected chi connectivity index (χ4v) is 1.94. The van der Waals surface area contributed by atoms with Crippen molar-refractivity contribution in [2.24, 2.45) is 11.3 Å². The fraction of sp³-hybridized carbons (Fsp3) is 0.333. The lowest BCUT2D eigenvalue weighted by molar-refractivity contribution is -0.143. The van der Waals surface area contributed by atoms with Crippen molar-refractivity contribution >= 4 is 5.97 Å². The molecule has 0 heterocycles. The third kappa shape index (κ3) is 1.59. The van der Waals surface area contributed by atoms with E-state index in [0.717, 1.165) is 5.56 Å². The van der Waals surface area contributed by atoms with Crippen molar-refractivity contribution in [1.82, 2.24) is 0 Å². The van der Waals surface area contributed by atoms with E-state index in [1.54, 1.807) is 0 Å². The summed E-state index contributed by atoms with van der Waals surface area (Å²) in [7, 11) is 0. The van der Waals surface area contributed by atoms with Crippen LogP contribution in [0, 0.1) is 22.7 Å². The van der Waals surface area contributed by atoms with E-state index in [9.17, 15) is 4.79 Å². The largest absolute Gasteiger partial charge is 0.481 e.